The molecular formula is C20H24FNO2S. The van der Waals surface area contributed by atoms with E-state index in [4.69, 9.17) is 4.74 Å². The highest BCUT2D eigenvalue weighted by Gasteiger charge is 2.06. The van der Waals surface area contributed by atoms with Crippen LogP contribution in [0.4, 0.5) is 4.39 Å². The van der Waals surface area contributed by atoms with Crippen molar-refractivity contribution in [1.82, 2.24) is 5.32 Å². The Hall–Kier alpha value is -1.85. The molecule has 0 aliphatic rings. The van der Waals surface area contributed by atoms with Gasteiger partial charge in [-0.1, -0.05) is 30.3 Å². The summed E-state index contributed by atoms with van der Waals surface area (Å²) in [5, 5.41) is 2.88. The summed E-state index contributed by atoms with van der Waals surface area (Å²) >= 11 is 1.60. The molecule has 0 radical (unpaired) electrons. The summed E-state index contributed by atoms with van der Waals surface area (Å²) in [4.78, 5) is 12.1. The van der Waals surface area contributed by atoms with Crippen molar-refractivity contribution in [3.63, 3.8) is 0 Å². The molecule has 0 aliphatic heterocycles. The fraction of sp³-hybridized carbons (Fsp3) is 0.350. The number of halogens is 1. The molecule has 2 rings (SSSR count). The van der Waals surface area contributed by atoms with Crippen molar-refractivity contribution in [2.45, 2.75) is 32.3 Å². The average molecular weight is 361 g/mol. The van der Waals surface area contributed by atoms with Gasteiger partial charge in [-0.25, -0.2) is 4.39 Å². The minimum Gasteiger partial charge on any atom is -0.374 e. The molecule has 3 nitrogen and oxygen atoms in total. The molecule has 0 bridgehead atoms. The largest absolute Gasteiger partial charge is 0.374 e. The second-order valence-electron chi connectivity index (χ2n) is 5.96. The summed E-state index contributed by atoms with van der Waals surface area (Å²) in [7, 11) is 0. The molecule has 0 saturated heterocycles. The molecule has 2 aromatic rings. The van der Waals surface area contributed by atoms with Crippen LogP contribution >= 0.6 is 11.8 Å². The highest BCUT2D eigenvalue weighted by Crippen LogP contribution is 2.14. The molecule has 1 N–H and O–H groups in total. The van der Waals surface area contributed by atoms with Crippen LogP contribution in [0.25, 0.3) is 0 Å². The van der Waals surface area contributed by atoms with Crippen molar-refractivity contribution in [1.29, 1.82) is 0 Å². The summed E-state index contributed by atoms with van der Waals surface area (Å²) in [6.07, 6.45) is 0.185. The van der Waals surface area contributed by atoms with E-state index < -0.39 is 0 Å². The molecule has 0 heterocycles. The van der Waals surface area contributed by atoms with E-state index in [0.29, 0.717) is 30.0 Å². The lowest BCUT2D eigenvalue weighted by Crippen LogP contribution is -2.25. The van der Waals surface area contributed by atoms with Gasteiger partial charge in [-0.3, -0.25) is 4.79 Å². The van der Waals surface area contributed by atoms with Gasteiger partial charge >= 0.3 is 0 Å². The Bertz CT molecular complexity index is 674. The molecule has 0 fully saturated rings. The maximum atomic E-state index is 13.5. The van der Waals surface area contributed by atoms with E-state index >= 15 is 0 Å². The van der Waals surface area contributed by atoms with E-state index in [1.54, 1.807) is 36.0 Å². The van der Waals surface area contributed by atoms with Gasteiger partial charge in [0.1, 0.15) is 5.82 Å². The van der Waals surface area contributed by atoms with Crippen molar-refractivity contribution in [2.24, 2.45) is 0 Å². The van der Waals surface area contributed by atoms with Crippen molar-refractivity contribution in [3.8, 4) is 0 Å². The monoisotopic (exact) mass is 361 g/mol. The Kier molecular flexibility index (Phi) is 7.95. The number of hydrogen-bond donors (Lipinski definition) is 1. The Morgan fingerprint density at radius 2 is 1.88 bits per heavy atom. The van der Waals surface area contributed by atoms with Gasteiger partial charge in [-0.15, -0.1) is 0 Å². The van der Waals surface area contributed by atoms with Crippen LogP contribution < -0.4 is 5.32 Å². The summed E-state index contributed by atoms with van der Waals surface area (Å²) in [5.74, 6) is 1.07. The van der Waals surface area contributed by atoms with Crippen LogP contribution in [0, 0.1) is 5.82 Å². The number of ether oxygens (including phenoxy) is 1. The molecule has 0 aromatic heterocycles. The summed E-state index contributed by atoms with van der Waals surface area (Å²) in [6.45, 7) is 5.08. The molecule has 0 spiro atoms. The lowest BCUT2D eigenvalue weighted by Gasteiger charge is -2.09. The highest BCUT2D eigenvalue weighted by atomic mass is 32.2. The minimum atomic E-state index is -0.180. The van der Waals surface area contributed by atoms with Crippen LogP contribution in [0.1, 0.15) is 35.3 Å². The number of amides is 1. The first-order chi connectivity index (χ1) is 12.1. The predicted molar refractivity (Wildman–Crippen MR) is 101 cm³/mol. The first-order valence-electron chi connectivity index (χ1n) is 8.36. The lowest BCUT2D eigenvalue weighted by atomic mass is 10.1. The van der Waals surface area contributed by atoms with Crippen molar-refractivity contribution in [2.75, 3.05) is 12.3 Å². The van der Waals surface area contributed by atoms with E-state index in [-0.39, 0.29) is 17.8 Å². The number of nitrogens with one attached hydrogen (secondary N) is 1. The maximum Gasteiger partial charge on any atom is 0.251 e. The quantitative estimate of drug-likeness (QED) is 0.672. The number of benzene rings is 2. The van der Waals surface area contributed by atoms with Crippen LogP contribution in [-0.4, -0.2) is 24.3 Å². The predicted octanol–water partition coefficient (Wildman–Crippen LogP) is 4.41. The zero-order valence-electron chi connectivity index (χ0n) is 14.6. The lowest BCUT2D eigenvalue weighted by molar-refractivity contribution is 0.0657. The van der Waals surface area contributed by atoms with Gasteiger partial charge in [-0.05, 0) is 43.2 Å². The molecule has 0 saturated carbocycles. The number of hydrogen-bond acceptors (Lipinski definition) is 3. The SMILES string of the molecule is CC(C)OCc1ccc(C(=O)NCCSCc2ccccc2F)cc1. The van der Waals surface area contributed by atoms with Gasteiger partial charge in [0.05, 0.1) is 12.7 Å². The molecule has 0 aliphatic carbocycles. The highest BCUT2D eigenvalue weighted by molar-refractivity contribution is 7.98. The van der Waals surface area contributed by atoms with E-state index in [1.165, 1.54) is 6.07 Å². The van der Waals surface area contributed by atoms with Crippen LogP contribution in [0.15, 0.2) is 48.5 Å². The number of carbonyl (C=O) groups excluding carboxylic acids is 1. The number of carbonyl (C=O) groups is 1. The second kappa shape index (κ2) is 10.2. The molecule has 0 atom stereocenters. The van der Waals surface area contributed by atoms with Crippen LogP contribution in [0.5, 0.6) is 0 Å². The molecule has 134 valence electrons. The third-order valence-corrected chi connectivity index (χ3v) is 4.55. The van der Waals surface area contributed by atoms with Gasteiger partial charge in [0.15, 0.2) is 0 Å². The van der Waals surface area contributed by atoms with E-state index in [9.17, 15) is 9.18 Å². The van der Waals surface area contributed by atoms with Gasteiger partial charge in [0, 0.05) is 23.6 Å². The van der Waals surface area contributed by atoms with Crippen LogP contribution in [-0.2, 0) is 17.1 Å². The molecule has 1 amide bonds. The fourth-order valence-corrected chi connectivity index (χ4v) is 3.00. The van der Waals surface area contributed by atoms with Gasteiger partial charge < -0.3 is 10.1 Å². The normalized spacial score (nSPS) is 10.9. The van der Waals surface area contributed by atoms with Gasteiger partial charge in [0.2, 0.25) is 0 Å². The van der Waals surface area contributed by atoms with E-state index in [0.717, 1.165) is 11.3 Å². The van der Waals surface area contributed by atoms with Crippen molar-refractivity contribution < 1.29 is 13.9 Å². The topological polar surface area (TPSA) is 38.3 Å². The molecule has 2 aromatic carbocycles. The summed E-state index contributed by atoms with van der Waals surface area (Å²) in [5.41, 5.74) is 2.37. The number of thioether (sulfide) groups is 1. The average Bonchev–Trinajstić information content (AvgIpc) is 2.61. The summed E-state index contributed by atoms with van der Waals surface area (Å²) < 4.78 is 19.0. The van der Waals surface area contributed by atoms with Crippen molar-refractivity contribution in [3.05, 3.63) is 71.0 Å². The Morgan fingerprint density at radius 1 is 1.16 bits per heavy atom. The fourth-order valence-electron chi connectivity index (χ4n) is 2.15. The van der Waals surface area contributed by atoms with Crippen molar-refractivity contribution >= 4 is 17.7 Å². The molecule has 5 heteroatoms. The first kappa shape index (κ1) is 19.5. The van der Waals surface area contributed by atoms with Gasteiger partial charge in [0.25, 0.3) is 5.91 Å². The van der Waals surface area contributed by atoms with E-state index in [1.807, 2.05) is 32.0 Å². The maximum absolute atomic E-state index is 13.5. The van der Waals surface area contributed by atoms with Gasteiger partial charge in [-0.2, -0.15) is 11.8 Å². The molecular weight excluding hydrogens is 337 g/mol. The molecule has 0 unspecified atom stereocenters. The minimum absolute atomic E-state index is 0.0946. The Morgan fingerprint density at radius 3 is 2.56 bits per heavy atom. The molecule has 25 heavy (non-hydrogen) atoms. The Balaban J connectivity index is 1.69. The smallest absolute Gasteiger partial charge is 0.251 e. The third-order valence-electron chi connectivity index (χ3n) is 3.55. The summed E-state index contributed by atoms with van der Waals surface area (Å²) in [6, 6.07) is 14.2. The van der Waals surface area contributed by atoms with Crippen LogP contribution in [0.2, 0.25) is 0 Å². The standard InChI is InChI=1S/C20H24FNO2S/c1-15(2)24-13-16-7-9-17(10-8-16)20(23)22-11-12-25-14-18-5-3-4-6-19(18)21/h3-10,15H,11-14H2,1-2H3,(H,22,23). The Labute approximate surface area is 153 Å². The zero-order chi connectivity index (χ0) is 18.1. The zero-order valence-corrected chi connectivity index (χ0v) is 15.4. The van der Waals surface area contributed by atoms with E-state index in [2.05, 4.69) is 5.32 Å². The third kappa shape index (κ3) is 6.88. The first-order valence-corrected chi connectivity index (χ1v) is 9.51. The second-order valence-corrected chi connectivity index (χ2v) is 7.06. The number of rotatable bonds is 9. The van der Waals surface area contributed by atoms with Crippen LogP contribution in [0.3, 0.4) is 0 Å².